The quantitative estimate of drug-likeness (QED) is 0.768. The Kier molecular flexibility index (Phi) is 6.73. The summed E-state index contributed by atoms with van der Waals surface area (Å²) in [4.78, 5) is 24.2. The van der Waals surface area contributed by atoms with Gasteiger partial charge < -0.3 is 15.3 Å². The van der Waals surface area contributed by atoms with Crippen molar-refractivity contribution in [1.29, 1.82) is 0 Å². The molecule has 0 saturated heterocycles. The van der Waals surface area contributed by atoms with E-state index in [1.807, 2.05) is 20.8 Å². The van der Waals surface area contributed by atoms with Crippen LogP contribution in [0.3, 0.4) is 0 Å². The van der Waals surface area contributed by atoms with E-state index in [2.05, 4.69) is 19.2 Å². The predicted octanol–water partition coefficient (Wildman–Crippen LogP) is 2.32. The normalized spacial score (nSPS) is 12.9. The van der Waals surface area contributed by atoms with Crippen molar-refractivity contribution in [3.05, 3.63) is 0 Å². The first-order chi connectivity index (χ1) is 8.18. The lowest BCUT2D eigenvalue weighted by Gasteiger charge is -2.35. The maximum atomic E-state index is 12.0. The standard InChI is InChI=1S/C13H26N2O3/c1-6-10(2)9-14-12(18)15(13(3,4)5)8-7-11(16)17/h10H,6-9H2,1-5H3,(H,14,18)(H,16,17). The van der Waals surface area contributed by atoms with Crippen LogP contribution in [0.25, 0.3) is 0 Å². The highest BCUT2D eigenvalue weighted by Crippen LogP contribution is 2.14. The molecular formula is C13H26N2O3. The van der Waals surface area contributed by atoms with Crippen molar-refractivity contribution in [3.8, 4) is 0 Å². The summed E-state index contributed by atoms with van der Waals surface area (Å²) in [7, 11) is 0. The van der Waals surface area contributed by atoms with Crippen molar-refractivity contribution in [2.45, 2.75) is 53.0 Å². The molecular weight excluding hydrogens is 232 g/mol. The fourth-order valence-electron chi connectivity index (χ4n) is 1.45. The zero-order valence-corrected chi connectivity index (χ0v) is 12.1. The lowest BCUT2D eigenvalue weighted by atomic mass is 10.1. The van der Waals surface area contributed by atoms with Gasteiger partial charge in [-0.1, -0.05) is 20.3 Å². The van der Waals surface area contributed by atoms with Crippen molar-refractivity contribution in [2.24, 2.45) is 5.92 Å². The Labute approximate surface area is 110 Å². The number of nitrogens with zero attached hydrogens (tertiary/aromatic N) is 1. The van der Waals surface area contributed by atoms with E-state index in [-0.39, 0.29) is 24.5 Å². The maximum Gasteiger partial charge on any atom is 0.317 e. The largest absolute Gasteiger partial charge is 0.481 e. The van der Waals surface area contributed by atoms with E-state index in [1.165, 1.54) is 0 Å². The highest BCUT2D eigenvalue weighted by Gasteiger charge is 2.26. The number of rotatable bonds is 6. The van der Waals surface area contributed by atoms with Gasteiger partial charge in [-0.15, -0.1) is 0 Å². The number of nitrogens with one attached hydrogen (secondary N) is 1. The molecule has 0 aromatic carbocycles. The van der Waals surface area contributed by atoms with Crippen LogP contribution in [-0.2, 0) is 4.79 Å². The molecule has 0 aromatic heterocycles. The van der Waals surface area contributed by atoms with E-state index in [4.69, 9.17) is 5.11 Å². The van der Waals surface area contributed by atoms with Crippen LogP contribution in [0.5, 0.6) is 0 Å². The number of amides is 2. The summed E-state index contributed by atoms with van der Waals surface area (Å²) in [5, 5.41) is 11.6. The fourth-order valence-corrected chi connectivity index (χ4v) is 1.45. The summed E-state index contributed by atoms with van der Waals surface area (Å²) in [6.45, 7) is 10.7. The summed E-state index contributed by atoms with van der Waals surface area (Å²) in [5.74, 6) is -0.464. The molecule has 0 aromatic rings. The second kappa shape index (κ2) is 7.24. The summed E-state index contributed by atoms with van der Waals surface area (Å²) in [6.07, 6.45) is 0.971. The van der Waals surface area contributed by atoms with Gasteiger partial charge in [-0.25, -0.2) is 4.79 Å². The molecule has 5 nitrogen and oxygen atoms in total. The van der Waals surface area contributed by atoms with Crippen molar-refractivity contribution in [1.82, 2.24) is 10.2 Å². The van der Waals surface area contributed by atoms with Crippen molar-refractivity contribution in [3.63, 3.8) is 0 Å². The van der Waals surface area contributed by atoms with Crippen LogP contribution < -0.4 is 5.32 Å². The molecule has 0 spiro atoms. The Bertz CT molecular complexity index is 284. The van der Waals surface area contributed by atoms with Gasteiger partial charge in [0.05, 0.1) is 6.42 Å². The highest BCUT2D eigenvalue weighted by atomic mass is 16.4. The van der Waals surface area contributed by atoms with Gasteiger partial charge in [0.15, 0.2) is 0 Å². The monoisotopic (exact) mass is 258 g/mol. The Balaban J connectivity index is 4.46. The van der Waals surface area contributed by atoms with Crippen molar-refractivity contribution >= 4 is 12.0 Å². The van der Waals surface area contributed by atoms with Crippen LogP contribution in [0, 0.1) is 5.92 Å². The molecule has 1 unspecified atom stereocenters. The zero-order chi connectivity index (χ0) is 14.3. The van der Waals surface area contributed by atoms with Crippen LogP contribution >= 0.6 is 0 Å². The third-order valence-corrected chi connectivity index (χ3v) is 2.90. The lowest BCUT2D eigenvalue weighted by molar-refractivity contribution is -0.137. The van der Waals surface area contributed by atoms with E-state index in [9.17, 15) is 9.59 Å². The Morgan fingerprint density at radius 1 is 1.33 bits per heavy atom. The molecule has 18 heavy (non-hydrogen) atoms. The molecule has 5 heteroatoms. The maximum absolute atomic E-state index is 12.0. The SMILES string of the molecule is CCC(C)CNC(=O)N(CCC(=O)O)C(C)(C)C. The summed E-state index contributed by atoms with van der Waals surface area (Å²) < 4.78 is 0. The summed E-state index contributed by atoms with van der Waals surface area (Å²) in [5.41, 5.74) is -0.380. The Morgan fingerprint density at radius 3 is 2.28 bits per heavy atom. The highest BCUT2D eigenvalue weighted by molar-refractivity contribution is 5.76. The number of carbonyl (C=O) groups is 2. The number of carbonyl (C=O) groups excluding carboxylic acids is 1. The molecule has 0 aliphatic rings. The minimum atomic E-state index is -0.890. The topological polar surface area (TPSA) is 69.6 Å². The first-order valence-electron chi connectivity index (χ1n) is 6.45. The lowest BCUT2D eigenvalue weighted by Crippen LogP contribution is -2.51. The number of urea groups is 1. The Hall–Kier alpha value is -1.26. The molecule has 0 heterocycles. The first kappa shape index (κ1) is 16.7. The molecule has 0 aliphatic heterocycles. The van der Waals surface area contributed by atoms with Gasteiger partial charge in [-0.3, -0.25) is 4.79 Å². The molecule has 106 valence electrons. The van der Waals surface area contributed by atoms with E-state index < -0.39 is 5.97 Å². The number of carboxylic acids is 1. The van der Waals surface area contributed by atoms with Crippen LogP contribution in [0.15, 0.2) is 0 Å². The fraction of sp³-hybridized carbons (Fsp3) is 0.846. The van der Waals surface area contributed by atoms with E-state index in [0.29, 0.717) is 12.5 Å². The molecule has 1 atom stereocenters. The number of hydrogen-bond donors (Lipinski definition) is 2. The third kappa shape index (κ3) is 6.47. The van der Waals surface area contributed by atoms with Gasteiger partial charge in [-0.05, 0) is 26.7 Å². The van der Waals surface area contributed by atoms with Gasteiger partial charge in [0.2, 0.25) is 0 Å². The molecule has 0 aliphatic carbocycles. The smallest absolute Gasteiger partial charge is 0.317 e. The van der Waals surface area contributed by atoms with Crippen LogP contribution in [0.1, 0.15) is 47.5 Å². The molecule has 0 fully saturated rings. The first-order valence-corrected chi connectivity index (χ1v) is 6.45. The van der Waals surface area contributed by atoms with Crippen LogP contribution in [0.4, 0.5) is 4.79 Å². The average molecular weight is 258 g/mol. The average Bonchev–Trinajstić information content (AvgIpc) is 2.23. The van der Waals surface area contributed by atoms with Crippen molar-refractivity contribution in [2.75, 3.05) is 13.1 Å². The minimum absolute atomic E-state index is 0.0337. The second-order valence-electron chi connectivity index (χ2n) is 5.67. The molecule has 0 bridgehead atoms. The zero-order valence-electron chi connectivity index (χ0n) is 12.1. The van der Waals surface area contributed by atoms with E-state index in [0.717, 1.165) is 6.42 Å². The second-order valence-corrected chi connectivity index (χ2v) is 5.67. The third-order valence-electron chi connectivity index (χ3n) is 2.90. The van der Waals surface area contributed by atoms with E-state index in [1.54, 1.807) is 4.90 Å². The van der Waals surface area contributed by atoms with Crippen molar-refractivity contribution < 1.29 is 14.7 Å². The number of carboxylic acid groups (broad SMARTS) is 1. The molecule has 0 rings (SSSR count). The minimum Gasteiger partial charge on any atom is -0.481 e. The summed E-state index contributed by atoms with van der Waals surface area (Å²) >= 11 is 0. The molecule has 2 N–H and O–H groups in total. The van der Waals surface area contributed by atoms with Gasteiger partial charge in [0, 0.05) is 18.6 Å². The summed E-state index contributed by atoms with van der Waals surface area (Å²) in [6, 6.07) is -0.191. The van der Waals surface area contributed by atoms with Crippen LogP contribution in [-0.4, -0.2) is 40.6 Å². The molecule has 0 saturated carbocycles. The number of hydrogen-bond acceptors (Lipinski definition) is 2. The molecule has 2 amide bonds. The van der Waals surface area contributed by atoms with Gasteiger partial charge in [0.1, 0.15) is 0 Å². The van der Waals surface area contributed by atoms with Gasteiger partial charge in [-0.2, -0.15) is 0 Å². The van der Waals surface area contributed by atoms with Gasteiger partial charge in [0.25, 0.3) is 0 Å². The predicted molar refractivity (Wildman–Crippen MR) is 71.6 cm³/mol. The van der Waals surface area contributed by atoms with Crippen LogP contribution in [0.2, 0.25) is 0 Å². The van der Waals surface area contributed by atoms with Gasteiger partial charge >= 0.3 is 12.0 Å². The molecule has 0 radical (unpaired) electrons. The Morgan fingerprint density at radius 2 is 1.89 bits per heavy atom. The van der Waals surface area contributed by atoms with E-state index >= 15 is 0 Å². The number of aliphatic carboxylic acids is 1.